The number of rotatable bonds is 5. The molecule has 1 saturated carbocycles. The van der Waals surface area contributed by atoms with Gasteiger partial charge in [-0.05, 0) is 32.6 Å². The van der Waals surface area contributed by atoms with Gasteiger partial charge < -0.3 is 5.32 Å². The van der Waals surface area contributed by atoms with Crippen molar-refractivity contribution in [2.24, 2.45) is 13.0 Å². The van der Waals surface area contributed by atoms with Gasteiger partial charge in [-0.2, -0.15) is 10.2 Å². The monoisotopic (exact) mass is 317 g/mol. The first-order valence-electron chi connectivity index (χ1n) is 7.61. The zero-order chi connectivity index (χ0) is 15.3. The molecule has 1 aliphatic rings. The van der Waals surface area contributed by atoms with E-state index in [1.54, 1.807) is 17.7 Å². The van der Waals surface area contributed by atoms with Crippen molar-refractivity contribution in [2.75, 3.05) is 5.32 Å². The van der Waals surface area contributed by atoms with Crippen LogP contribution < -0.4 is 5.32 Å². The van der Waals surface area contributed by atoms with E-state index in [1.807, 2.05) is 23.3 Å². The molecule has 3 aromatic rings. The Morgan fingerprint density at radius 3 is 2.95 bits per heavy atom. The van der Waals surface area contributed by atoms with Gasteiger partial charge in [-0.25, -0.2) is 19.3 Å². The standard InChI is InChI=1S/C14H19N7S/c1-4-21-12(15-7-16-21)10(9-5-6-9)17-14-18-13-11(22-14)8(2)19-20(13)3/h7,9-10H,4-6H2,1-3H3,(H,17,18)/t10-/m1/s1. The Labute approximate surface area is 132 Å². The number of hydrogen-bond donors (Lipinski definition) is 1. The molecule has 0 unspecified atom stereocenters. The van der Waals surface area contributed by atoms with Gasteiger partial charge in [-0.3, -0.25) is 0 Å². The van der Waals surface area contributed by atoms with Crippen LogP contribution in [0.1, 0.15) is 37.3 Å². The molecular formula is C14H19N7S. The zero-order valence-electron chi connectivity index (χ0n) is 12.9. The molecule has 3 heterocycles. The van der Waals surface area contributed by atoms with E-state index in [1.165, 1.54) is 12.8 Å². The molecule has 8 heteroatoms. The fourth-order valence-electron chi connectivity index (χ4n) is 2.86. The third-order valence-electron chi connectivity index (χ3n) is 4.14. The molecule has 1 fully saturated rings. The molecular weight excluding hydrogens is 298 g/mol. The zero-order valence-corrected chi connectivity index (χ0v) is 13.8. The number of aromatic nitrogens is 6. The van der Waals surface area contributed by atoms with E-state index in [9.17, 15) is 0 Å². The van der Waals surface area contributed by atoms with Crippen LogP contribution in [-0.2, 0) is 13.6 Å². The van der Waals surface area contributed by atoms with Crippen LogP contribution in [0.3, 0.4) is 0 Å². The maximum Gasteiger partial charge on any atom is 0.186 e. The van der Waals surface area contributed by atoms with Crippen molar-refractivity contribution in [3.63, 3.8) is 0 Å². The van der Waals surface area contributed by atoms with Crippen LogP contribution in [0, 0.1) is 12.8 Å². The van der Waals surface area contributed by atoms with Crippen molar-refractivity contribution in [3.05, 3.63) is 17.8 Å². The molecule has 0 aromatic carbocycles. The van der Waals surface area contributed by atoms with Gasteiger partial charge in [0.05, 0.1) is 16.4 Å². The first kappa shape index (κ1) is 13.7. The summed E-state index contributed by atoms with van der Waals surface area (Å²) in [7, 11) is 1.94. The summed E-state index contributed by atoms with van der Waals surface area (Å²) in [5.74, 6) is 1.64. The van der Waals surface area contributed by atoms with Crippen LogP contribution in [0.15, 0.2) is 6.33 Å². The number of anilines is 1. The van der Waals surface area contributed by atoms with Crippen LogP contribution in [0.5, 0.6) is 0 Å². The second kappa shape index (κ2) is 5.05. The lowest BCUT2D eigenvalue weighted by Gasteiger charge is -2.17. The van der Waals surface area contributed by atoms with E-state index < -0.39 is 0 Å². The molecule has 0 saturated heterocycles. The summed E-state index contributed by atoms with van der Waals surface area (Å²) in [6.45, 7) is 4.95. The number of hydrogen-bond acceptors (Lipinski definition) is 6. The van der Waals surface area contributed by atoms with Gasteiger partial charge in [-0.1, -0.05) is 11.3 Å². The molecule has 7 nitrogen and oxygen atoms in total. The summed E-state index contributed by atoms with van der Waals surface area (Å²) in [6, 6.07) is 0.191. The lowest BCUT2D eigenvalue weighted by atomic mass is 10.2. The smallest absolute Gasteiger partial charge is 0.186 e. The topological polar surface area (TPSA) is 73.5 Å². The van der Waals surface area contributed by atoms with Gasteiger partial charge >= 0.3 is 0 Å². The van der Waals surface area contributed by atoms with E-state index in [0.29, 0.717) is 5.92 Å². The van der Waals surface area contributed by atoms with Crippen molar-refractivity contribution >= 4 is 26.8 Å². The Bertz CT molecular complexity index is 776. The molecule has 0 radical (unpaired) electrons. The first-order valence-corrected chi connectivity index (χ1v) is 8.43. The summed E-state index contributed by atoms with van der Waals surface area (Å²) in [6.07, 6.45) is 4.11. The van der Waals surface area contributed by atoms with Crippen molar-refractivity contribution in [3.8, 4) is 0 Å². The van der Waals surface area contributed by atoms with Gasteiger partial charge in [-0.15, -0.1) is 0 Å². The maximum atomic E-state index is 4.70. The van der Waals surface area contributed by atoms with Gasteiger partial charge in [0.1, 0.15) is 12.2 Å². The number of nitrogens with zero attached hydrogens (tertiary/aromatic N) is 6. The average molecular weight is 317 g/mol. The molecule has 0 bridgehead atoms. The predicted octanol–water partition coefficient (Wildman–Crippen LogP) is 2.51. The van der Waals surface area contributed by atoms with Gasteiger partial charge in [0.25, 0.3) is 0 Å². The number of nitrogens with one attached hydrogen (secondary N) is 1. The highest BCUT2D eigenvalue weighted by atomic mass is 32.1. The fourth-order valence-corrected chi connectivity index (χ4v) is 3.83. The van der Waals surface area contributed by atoms with Gasteiger partial charge in [0.2, 0.25) is 0 Å². The van der Waals surface area contributed by atoms with E-state index in [4.69, 9.17) is 4.98 Å². The normalized spacial score (nSPS) is 16.3. The molecule has 3 aromatic heterocycles. The summed E-state index contributed by atoms with van der Waals surface area (Å²) in [4.78, 5) is 9.17. The lowest BCUT2D eigenvalue weighted by Crippen LogP contribution is -2.18. The van der Waals surface area contributed by atoms with E-state index in [2.05, 4.69) is 27.4 Å². The first-order chi connectivity index (χ1) is 10.7. The van der Waals surface area contributed by atoms with E-state index in [-0.39, 0.29) is 6.04 Å². The summed E-state index contributed by atoms with van der Waals surface area (Å²) in [5.41, 5.74) is 1.97. The van der Waals surface area contributed by atoms with Gasteiger partial charge in [0, 0.05) is 13.6 Å². The molecule has 1 atom stereocenters. The fraction of sp³-hybridized carbons (Fsp3) is 0.571. The molecule has 1 N–H and O–H groups in total. The summed E-state index contributed by atoms with van der Waals surface area (Å²) in [5, 5.41) is 13.2. The molecule has 22 heavy (non-hydrogen) atoms. The van der Waals surface area contributed by atoms with Crippen LogP contribution in [-0.4, -0.2) is 29.5 Å². The van der Waals surface area contributed by atoms with Crippen molar-refractivity contribution in [2.45, 2.75) is 39.3 Å². The van der Waals surface area contributed by atoms with Crippen molar-refractivity contribution in [1.29, 1.82) is 0 Å². The number of thiazole rings is 1. The lowest BCUT2D eigenvalue weighted by molar-refractivity contribution is 0.545. The third-order valence-corrected chi connectivity index (χ3v) is 5.22. The molecule has 0 aliphatic heterocycles. The molecule has 4 rings (SSSR count). The van der Waals surface area contributed by atoms with Crippen molar-refractivity contribution < 1.29 is 0 Å². The van der Waals surface area contributed by atoms with E-state index in [0.717, 1.165) is 33.5 Å². The molecule has 116 valence electrons. The number of aryl methyl sites for hydroxylation is 3. The highest BCUT2D eigenvalue weighted by Gasteiger charge is 2.36. The second-order valence-electron chi connectivity index (χ2n) is 5.77. The maximum absolute atomic E-state index is 4.70. The molecule has 0 spiro atoms. The quantitative estimate of drug-likeness (QED) is 0.782. The average Bonchev–Trinajstić information content (AvgIpc) is 2.98. The van der Waals surface area contributed by atoms with E-state index >= 15 is 0 Å². The van der Waals surface area contributed by atoms with Crippen molar-refractivity contribution in [1.82, 2.24) is 29.5 Å². The Morgan fingerprint density at radius 1 is 1.45 bits per heavy atom. The minimum Gasteiger partial charge on any atom is -0.351 e. The minimum atomic E-state index is 0.191. The Balaban J connectivity index is 1.67. The van der Waals surface area contributed by atoms with Gasteiger partial charge in [0.15, 0.2) is 10.8 Å². The molecule has 0 amide bonds. The number of fused-ring (bicyclic) bond motifs is 1. The van der Waals surface area contributed by atoms with Crippen LogP contribution in [0.25, 0.3) is 10.3 Å². The minimum absolute atomic E-state index is 0.191. The van der Waals surface area contributed by atoms with Crippen LogP contribution in [0.4, 0.5) is 5.13 Å². The summed E-state index contributed by atoms with van der Waals surface area (Å²) >= 11 is 1.67. The van der Waals surface area contributed by atoms with Crippen LogP contribution in [0.2, 0.25) is 0 Å². The Morgan fingerprint density at radius 2 is 2.27 bits per heavy atom. The summed E-state index contributed by atoms with van der Waals surface area (Å²) < 4.78 is 4.96. The highest BCUT2D eigenvalue weighted by Crippen LogP contribution is 2.43. The molecule has 1 aliphatic carbocycles. The Hall–Kier alpha value is -1.96. The highest BCUT2D eigenvalue weighted by molar-refractivity contribution is 7.22. The second-order valence-corrected chi connectivity index (χ2v) is 6.77. The third kappa shape index (κ3) is 2.18. The van der Waals surface area contributed by atoms with Crippen LogP contribution >= 0.6 is 11.3 Å². The SMILES string of the molecule is CCn1ncnc1[C@H](Nc1nc2c(s1)c(C)nn2C)C1CC1. The largest absolute Gasteiger partial charge is 0.351 e. The Kier molecular flexibility index (Phi) is 3.14. The predicted molar refractivity (Wildman–Crippen MR) is 85.9 cm³/mol.